The van der Waals surface area contributed by atoms with E-state index in [1.54, 1.807) is 0 Å². The molecule has 0 amide bonds. The molecule has 22 heavy (non-hydrogen) atoms. The van der Waals surface area contributed by atoms with Gasteiger partial charge >= 0.3 is 5.97 Å². The molecule has 0 rings (SSSR count). The van der Waals surface area contributed by atoms with E-state index in [-0.39, 0.29) is 12.4 Å². The Morgan fingerprint density at radius 2 is 1.64 bits per heavy atom. The zero-order valence-corrected chi connectivity index (χ0v) is 14.6. The molecular weight excluding hydrogens is 306 g/mol. The summed E-state index contributed by atoms with van der Waals surface area (Å²) >= 11 is 5.01. The third-order valence-corrected chi connectivity index (χ3v) is 2.49. The normalized spacial score (nSPS) is 11.1. The number of hydrogen-bond donors (Lipinski definition) is 3. The summed E-state index contributed by atoms with van der Waals surface area (Å²) in [4.78, 5) is 11.4. The number of carbonyl (C=O) groups is 1. The molecule has 130 valence electrons. The van der Waals surface area contributed by atoms with E-state index in [1.165, 1.54) is 0 Å². The predicted molar refractivity (Wildman–Crippen MR) is 89.8 cm³/mol. The Hall–Kier alpha value is -0.960. The maximum absolute atomic E-state index is 11.4. The van der Waals surface area contributed by atoms with Crippen molar-refractivity contribution in [3.63, 3.8) is 0 Å². The summed E-state index contributed by atoms with van der Waals surface area (Å²) in [6.07, 6.45) is 0.250. The number of hydrogen-bond acceptors (Lipinski definition) is 6. The number of rotatable bonds is 11. The molecule has 0 spiro atoms. The van der Waals surface area contributed by atoms with Crippen molar-refractivity contribution in [2.45, 2.75) is 32.8 Å². The first-order valence-corrected chi connectivity index (χ1v) is 7.85. The first-order chi connectivity index (χ1) is 10.3. The molecule has 0 aromatic heterocycles. The van der Waals surface area contributed by atoms with Gasteiger partial charge in [0, 0.05) is 19.6 Å². The van der Waals surface area contributed by atoms with Crippen LogP contribution in [-0.2, 0) is 19.0 Å². The second kappa shape index (κ2) is 12.6. The largest absolute Gasteiger partial charge is 0.460 e. The topological polar surface area (TPSA) is 94.8 Å². The molecule has 0 aromatic carbocycles. The molecule has 8 heteroatoms. The van der Waals surface area contributed by atoms with Crippen molar-refractivity contribution in [1.82, 2.24) is 10.6 Å². The van der Waals surface area contributed by atoms with E-state index in [9.17, 15) is 4.79 Å². The monoisotopic (exact) mass is 335 g/mol. The molecular formula is C14H29N3O4S. The van der Waals surface area contributed by atoms with Gasteiger partial charge in [-0.15, -0.1) is 0 Å². The molecule has 0 bridgehead atoms. The first kappa shape index (κ1) is 21.0. The highest BCUT2D eigenvalue weighted by Gasteiger charge is 2.15. The number of ether oxygens (including phenoxy) is 3. The smallest absolute Gasteiger partial charge is 0.308 e. The molecule has 0 atom stereocenters. The SMILES string of the molecule is CC(C)(C)OC(=O)CCOCCOCCNC(=S)NCCN. The van der Waals surface area contributed by atoms with E-state index < -0.39 is 5.60 Å². The molecule has 0 unspecified atom stereocenters. The minimum Gasteiger partial charge on any atom is -0.460 e. The lowest BCUT2D eigenvalue weighted by molar-refractivity contribution is -0.156. The fraction of sp³-hybridized carbons (Fsp3) is 0.857. The third-order valence-electron chi connectivity index (χ3n) is 2.20. The van der Waals surface area contributed by atoms with Crippen molar-refractivity contribution in [3.05, 3.63) is 0 Å². The molecule has 0 saturated heterocycles. The van der Waals surface area contributed by atoms with Gasteiger partial charge in [-0.1, -0.05) is 0 Å². The van der Waals surface area contributed by atoms with Gasteiger partial charge < -0.3 is 30.6 Å². The van der Waals surface area contributed by atoms with Crippen LogP contribution in [0.15, 0.2) is 0 Å². The highest BCUT2D eigenvalue weighted by atomic mass is 32.1. The van der Waals surface area contributed by atoms with E-state index in [0.29, 0.717) is 51.2 Å². The van der Waals surface area contributed by atoms with Gasteiger partial charge in [-0.25, -0.2) is 0 Å². The van der Waals surface area contributed by atoms with E-state index in [2.05, 4.69) is 10.6 Å². The molecule has 0 aromatic rings. The zero-order chi connectivity index (χ0) is 16.8. The predicted octanol–water partition coefficient (Wildman–Crippen LogP) is 0.174. The molecule has 0 fully saturated rings. The molecule has 0 heterocycles. The highest BCUT2D eigenvalue weighted by Crippen LogP contribution is 2.07. The maximum atomic E-state index is 11.4. The quantitative estimate of drug-likeness (QED) is 0.279. The van der Waals surface area contributed by atoms with Crippen LogP contribution in [0.4, 0.5) is 0 Å². The van der Waals surface area contributed by atoms with Crippen LogP contribution < -0.4 is 16.4 Å². The number of nitrogens with one attached hydrogen (secondary N) is 2. The van der Waals surface area contributed by atoms with E-state index in [4.69, 9.17) is 32.2 Å². The van der Waals surface area contributed by atoms with Crippen molar-refractivity contribution < 1.29 is 19.0 Å². The van der Waals surface area contributed by atoms with Crippen LogP contribution in [0.5, 0.6) is 0 Å². The number of carbonyl (C=O) groups excluding carboxylic acids is 1. The summed E-state index contributed by atoms with van der Waals surface area (Å²) < 4.78 is 15.8. The molecule has 0 aliphatic heterocycles. The summed E-state index contributed by atoms with van der Waals surface area (Å²) in [7, 11) is 0. The van der Waals surface area contributed by atoms with Crippen molar-refractivity contribution in [2.24, 2.45) is 5.73 Å². The van der Waals surface area contributed by atoms with Crippen LogP contribution >= 0.6 is 12.2 Å². The van der Waals surface area contributed by atoms with Gasteiger partial charge in [0.15, 0.2) is 5.11 Å². The van der Waals surface area contributed by atoms with Crippen LogP contribution in [0.3, 0.4) is 0 Å². The lowest BCUT2D eigenvalue weighted by Crippen LogP contribution is -2.39. The summed E-state index contributed by atoms with van der Waals surface area (Å²) in [6, 6.07) is 0. The molecule has 4 N–H and O–H groups in total. The Bertz CT molecular complexity index is 322. The van der Waals surface area contributed by atoms with Crippen molar-refractivity contribution in [2.75, 3.05) is 46.1 Å². The fourth-order valence-electron chi connectivity index (χ4n) is 1.35. The molecule has 0 aliphatic carbocycles. The Balaban J connectivity index is 3.30. The zero-order valence-electron chi connectivity index (χ0n) is 13.8. The third kappa shape index (κ3) is 15.4. The molecule has 0 radical (unpaired) electrons. The lowest BCUT2D eigenvalue weighted by atomic mass is 10.2. The maximum Gasteiger partial charge on any atom is 0.308 e. The van der Waals surface area contributed by atoms with Gasteiger partial charge in [0.2, 0.25) is 0 Å². The Morgan fingerprint density at radius 3 is 2.23 bits per heavy atom. The van der Waals surface area contributed by atoms with Crippen LogP contribution in [0.2, 0.25) is 0 Å². The Labute approximate surface area is 138 Å². The second-order valence-electron chi connectivity index (χ2n) is 5.53. The Morgan fingerprint density at radius 1 is 1.05 bits per heavy atom. The average Bonchev–Trinajstić information content (AvgIpc) is 2.41. The van der Waals surface area contributed by atoms with E-state index >= 15 is 0 Å². The van der Waals surface area contributed by atoms with Gasteiger partial charge in [0.1, 0.15) is 5.60 Å². The summed E-state index contributed by atoms with van der Waals surface area (Å²) in [5.74, 6) is -0.254. The van der Waals surface area contributed by atoms with Crippen LogP contribution in [-0.4, -0.2) is 62.7 Å². The van der Waals surface area contributed by atoms with Crippen molar-refractivity contribution in [1.29, 1.82) is 0 Å². The highest BCUT2D eigenvalue weighted by molar-refractivity contribution is 7.80. The average molecular weight is 335 g/mol. The molecule has 7 nitrogen and oxygen atoms in total. The number of thiocarbonyl (C=S) groups is 1. The summed E-state index contributed by atoms with van der Waals surface area (Å²) in [5, 5.41) is 6.51. The van der Waals surface area contributed by atoms with Crippen molar-refractivity contribution >= 4 is 23.3 Å². The second-order valence-corrected chi connectivity index (χ2v) is 5.94. The summed E-state index contributed by atoms with van der Waals surface area (Å²) in [6.45, 7) is 9.10. The standard InChI is InChI=1S/C14H29N3O4S/c1-14(2,3)21-12(18)4-8-19-10-11-20-9-7-17-13(22)16-6-5-15/h4-11,15H2,1-3H3,(H2,16,17,22). The first-order valence-electron chi connectivity index (χ1n) is 7.44. The minimum absolute atomic E-state index is 0.250. The van der Waals surface area contributed by atoms with Gasteiger partial charge in [0.25, 0.3) is 0 Å². The van der Waals surface area contributed by atoms with Gasteiger partial charge in [-0.3, -0.25) is 4.79 Å². The van der Waals surface area contributed by atoms with Gasteiger partial charge in [0.05, 0.1) is 32.8 Å². The van der Waals surface area contributed by atoms with Crippen LogP contribution in [0.1, 0.15) is 27.2 Å². The summed E-state index contributed by atoms with van der Waals surface area (Å²) in [5.41, 5.74) is 4.89. The van der Waals surface area contributed by atoms with Crippen LogP contribution in [0, 0.1) is 0 Å². The fourth-order valence-corrected chi connectivity index (χ4v) is 1.56. The number of esters is 1. The van der Waals surface area contributed by atoms with Crippen molar-refractivity contribution in [3.8, 4) is 0 Å². The van der Waals surface area contributed by atoms with Gasteiger partial charge in [-0.2, -0.15) is 0 Å². The van der Waals surface area contributed by atoms with E-state index in [1.807, 2.05) is 20.8 Å². The molecule has 0 aliphatic rings. The molecule has 0 saturated carbocycles. The van der Waals surface area contributed by atoms with Gasteiger partial charge in [-0.05, 0) is 33.0 Å². The lowest BCUT2D eigenvalue weighted by Gasteiger charge is -2.19. The number of nitrogens with two attached hydrogens (primary N) is 1. The van der Waals surface area contributed by atoms with E-state index in [0.717, 1.165) is 0 Å². The Kier molecular flexibility index (Phi) is 12.0. The van der Waals surface area contributed by atoms with Crippen LogP contribution in [0.25, 0.3) is 0 Å². The minimum atomic E-state index is -0.452.